The van der Waals surface area contributed by atoms with Crippen LogP contribution in [0.4, 0.5) is 0 Å². The molecule has 1 heterocycles. The van der Waals surface area contributed by atoms with Crippen molar-refractivity contribution >= 4 is 21.9 Å². The van der Waals surface area contributed by atoms with E-state index in [-0.39, 0.29) is 17.1 Å². The molecule has 0 aliphatic rings. The summed E-state index contributed by atoms with van der Waals surface area (Å²) < 4.78 is 29.2. The summed E-state index contributed by atoms with van der Waals surface area (Å²) in [4.78, 5) is 24.5. The van der Waals surface area contributed by atoms with Crippen LogP contribution in [-0.2, 0) is 32.5 Å². The number of primary sulfonamides is 1. The second-order valence-electron chi connectivity index (χ2n) is 7.06. The lowest BCUT2D eigenvalue weighted by molar-refractivity contribution is -0.129. The summed E-state index contributed by atoms with van der Waals surface area (Å²) in [6, 6.07) is 15.6. The summed E-state index contributed by atoms with van der Waals surface area (Å²) in [6.07, 6.45) is 0.905. The summed E-state index contributed by atoms with van der Waals surface area (Å²) in [7, 11) is -3.74. The summed E-state index contributed by atoms with van der Waals surface area (Å²) >= 11 is 0. The number of amides is 1. The van der Waals surface area contributed by atoms with Crippen LogP contribution in [0, 0.1) is 0 Å². The molecule has 2 aromatic carbocycles. The minimum absolute atomic E-state index is 0.00975. The SMILES string of the molecule is CC(OC(=O)c1cn(Cc2ccccc2)nn1)C(=O)NCCc1ccc(S(N)(=O)=O)cc1. The second kappa shape index (κ2) is 10.2. The van der Waals surface area contributed by atoms with Crippen molar-refractivity contribution in [3.05, 3.63) is 77.6 Å². The van der Waals surface area contributed by atoms with Crippen molar-refractivity contribution in [3.8, 4) is 0 Å². The van der Waals surface area contributed by atoms with Gasteiger partial charge in [0, 0.05) is 6.54 Å². The first-order valence-electron chi connectivity index (χ1n) is 9.77. The first-order chi connectivity index (χ1) is 15.2. The number of hydrogen-bond donors (Lipinski definition) is 2. The predicted octanol–water partition coefficient (Wildman–Crippen LogP) is 0.878. The summed E-state index contributed by atoms with van der Waals surface area (Å²) in [5, 5.41) is 15.4. The molecule has 0 saturated carbocycles. The molecule has 1 atom stereocenters. The van der Waals surface area contributed by atoms with Crippen molar-refractivity contribution in [2.75, 3.05) is 6.54 Å². The van der Waals surface area contributed by atoms with Crippen molar-refractivity contribution in [3.63, 3.8) is 0 Å². The van der Waals surface area contributed by atoms with Gasteiger partial charge in [0.2, 0.25) is 10.0 Å². The number of hydrogen-bond acceptors (Lipinski definition) is 7. The van der Waals surface area contributed by atoms with Crippen LogP contribution in [-0.4, -0.2) is 47.9 Å². The van der Waals surface area contributed by atoms with Crippen molar-refractivity contribution in [2.24, 2.45) is 5.14 Å². The third-order valence-electron chi connectivity index (χ3n) is 4.55. The van der Waals surface area contributed by atoms with E-state index in [1.54, 1.807) is 12.1 Å². The predicted molar refractivity (Wildman–Crippen MR) is 115 cm³/mol. The van der Waals surface area contributed by atoms with E-state index < -0.39 is 28.0 Å². The Bertz CT molecular complexity index is 1180. The third kappa shape index (κ3) is 6.46. The first-order valence-corrected chi connectivity index (χ1v) is 11.3. The van der Waals surface area contributed by atoms with Crippen molar-refractivity contribution < 1.29 is 22.7 Å². The minimum atomic E-state index is -3.74. The third-order valence-corrected chi connectivity index (χ3v) is 5.48. The monoisotopic (exact) mass is 457 g/mol. The van der Waals surface area contributed by atoms with Gasteiger partial charge in [0.1, 0.15) is 0 Å². The molecule has 0 fully saturated rings. The molecule has 0 radical (unpaired) electrons. The highest BCUT2D eigenvalue weighted by molar-refractivity contribution is 7.89. The number of rotatable bonds is 9. The fourth-order valence-electron chi connectivity index (χ4n) is 2.83. The van der Waals surface area contributed by atoms with Crippen LogP contribution >= 0.6 is 0 Å². The van der Waals surface area contributed by atoms with Gasteiger partial charge in [-0.15, -0.1) is 5.10 Å². The number of benzene rings is 2. The van der Waals surface area contributed by atoms with Gasteiger partial charge in [-0.2, -0.15) is 0 Å². The number of ether oxygens (including phenoxy) is 1. The highest BCUT2D eigenvalue weighted by atomic mass is 32.2. The van der Waals surface area contributed by atoms with Crippen LogP contribution in [0.3, 0.4) is 0 Å². The molecule has 3 N–H and O–H groups in total. The lowest BCUT2D eigenvalue weighted by Crippen LogP contribution is -2.37. The van der Waals surface area contributed by atoms with Gasteiger partial charge in [0.15, 0.2) is 11.8 Å². The van der Waals surface area contributed by atoms with E-state index in [4.69, 9.17) is 9.88 Å². The number of aromatic nitrogens is 3. The molecule has 0 aliphatic carbocycles. The van der Waals surface area contributed by atoms with Crippen LogP contribution in [0.2, 0.25) is 0 Å². The zero-order valence-electron chi connectivity index (χ0n) is 17.3. The van der Waals surface area contributed by atoms with Gasteiger partial charge < -0.3 is 10.1 Å². The maximum Gasteiger partial charge on any atom is 0.361 e. The lowest BCUT2D eigenvalue weighted by atomic mass is 10.1. The molecule has 1 unspecified atom stereocenters. The Morgan fingerprint density at radius 1 is 1.09 bits per heavy atom. The molecule has 168 valence electrons. The number of sulfonamides is 1. The van der Waals surface area contributed by atoms with Crippen molar-refractivity contribution in [2.45, 2.75) is 30.9 Å². The standard InChI is InChI=1S/C21H23N5O5S/c1-15(20(27)23-12-11-16-7-9-18(10-8-16)32(22,29)30)31-21(28)19-14-26(25-24-19)13-17-5-3-2-4-6-17/h2-10,14-15H,11-13H2,1H3,(H,23,27)(H2,22,29,30). The number of esters is 1. The van der Waals surface area contributed by atoms with E-state index in [0.29, 0.717) is 13.0 Å². The quantitative estimate of drug-likeness (QED) is 0.453. The average Bonchev–Trinajstić information content (AvgIpc) is 3.22. The fraction of sp³-hybridized carbons (Fsp3) is 0.238. The molecular formula is C21H23N5O5S. The van der Waals surface area contributed by atoms with Crippen LogP contribution in [0.1, 0.15) is 28.5 Å². The maximum atomic E-state index is 12.3. The van der Waals surface area contributed by atoms with Gasteiger partial charge in [-0.25, -0.2) is 23.0 Å². The molecule has 11 heteroatoms. The Balaban J connectivity index is 1.45. The summed E-state index contributed by atoms with van der Waals surface area (Å²) in [5.41, 5.74) is 1.83. The summed E-state index contributed by atoms with van der Waals surface area (Å²) in [6.45, 7) is 2.20. The molecule has 0 aliphatic heterocycles. The molecule has 3 rings (SSSR count). The Kier molecular flexibility index (Phi) is 7.33. The molecule has 1 amide bonds. The van der Waals surface area contributed by atoms with Crippen molar-refractivity contribution in [1.82, 2.24) is 20.3 Å². The van der Waals surface area contributed by atoms with E-state index in [1.165, 1.54) is 29.9 Å². The number of carbonyl (C=O) groups is 2. The largest absolute Gasteiger partial charge is 0.448 e. The molecular weight excluding hydrogens is 434 g/mol. The Morgan fingerprint density at radius 2 is 1.78 bits per heavy atom. The molecule has 1 aromatic heterocycles. The van der Waals surface area contributed by atoms with E-state index in [2.05, 4.69) is 15.6 Å². The van der Waals surface area contributed by atoms with Gasteiger partial charge in [0.05, 0.1) is 17.6 Å². The summed E-state index contributed by atoms with van der Waals surface area (Å²) in [5.74, 6) is -1.21. The number of nitrogens with zero attached hydrogens (tertiary/aromatic N) is 3. The highest BCUT2D eigenvalue weighted by Crippen LogP contribution is 2.09. The lowest BCUT2D eigenvalue weighted by Gasteiger charge is -2.12. The van der Waals surface area contributed by atoms with E-state index >= 15 is 0 Å². The van der Waals surface area contributed by atoms with Crippen LogP contribution in [0.15, 0.2) is 65.7 Å². The molecule has 0 spiro atoms. The molecule has 32 heavy (non-hydrogen) atoms. The number of nitrogens with two attached hydrogens (primary N) is 1. The maximum absolute atomic E-state index is 12.3. The second-order valence-corrected chi connectivity index (χ2v) is 8.63. The van der Waals surface area contributed by atoms with Gasteiger partial charge >= 0.3 is 5.97 Å². The zero-order chi connectivity index (χ0) is 23.1. The van der Waals surface area contributed by atoms with Crippen LogP contribution < -0.4 is 10.5 Å². The smallest absolute Gasteiger partial charge is 0.361 e. The molecule has 0 bridgehead atoms. The fourth-order valence-corrected chi connectivity index (χ4v) is 3.35. The van der Waals surface area contributed by atoms with Crippen LogP contribution in [0.25, 0.3) is 0 Å². The molecule has 3 aromatic rings. The Hall–Kier alpha value is -3.57. The van der Waals surface area contributed by atoms with Gasteiger partial charge in [-0.1, -0.05) is 47.7 Å². The zero-order valence-corrected chi connectivity index (χ0v) is 18.2. The van der Waals surface area contributed by atoms with Crippen molar-refractivity contribution in [1.29, 1.82) is 0 Å². The van der Waals surface area contributed by atoms with Gasteiger partial charge in [-0.05, 0) is 36.6 Å². The van der Waals surface area contributed by atoms with E-state index in [0.717, 1.165) is 11.1 Å². The normalized spacial score (nSPS) is 12.2. The van der Waals surface area contributed by atoms with E-state index in [9.17, 15) is 18.0 Å². The molecule has 10 nitrogen and oxygen atoms in total. The Labute approximate surface area is 185 Å². The highest BCUT2D eigenvalue weighted by Gasteiger charge is 2.21. The number of carbonyl (C=O) groups excluding carboxylic acids is 2. The Morgan fingerprint density at radius 3 is 2.44 bits per heavy atom. The first kappa shape index (κ1) is 23.1. The average molecular weight is 458 g/mol. The molecule has 0 saturated heterocycles. The van der Waals surface area contributed by atoms with Gasteiger partial charge in [0.25, 0.3) is 5.91 Å². The van der Waals surface area contributed by atoms with Gasteiger partial charge in [-0.3, -0.25) is 4.79 Å². The minimum Gasteiger partial charge on any atom is -0.448 e. The topological polar surface area (TPSA) is 146 Å². The number of nitrogens with one attached hydrogen (secondary N) is 1. The van der Waals surface area contributed by atoms with Crippen LogP contribution in [0.5, 0.6) is 0 Å². The van der Waals surface area contributed by atoms with E-state index in [1.807, 2.05) is 30.3 Å².